The second-order valence-electron chi connectivity index (χ2n) is 4.96. The van der Waals surface area contributed by atoms with Gasteiger partial charge in [0.15, 0.2) is 0 Å². The van der Waals surface area contributed by atoms with Crippen LogP contribution >= 0.6 is 0 Å². The molecule has 1 saturated heterocycles. The molecule has 0 bridgehead atoms. The van der Waals surface area contributed by atoms with Crippen molar-refractivity contribution < 1.29 is 18.3 Å². The van der Waals surface area contributed by atoms with Gasteiger partial charge in [-0.25, -0.2) is 23.4 Å². The number of benzene rings is 1. The van der Waals surface area contributed by atoms with Gasteiger partial charge in [0.1, 0.15) is 0 Å². The lowest BCUT2D eigenvalue weighted by Crippen LogP contribution is -2.47. The number of carboxylic acid groups (broad SMARTS) is 1. The summed E-state index contributed by atoms with van der Waals surface area (Å²) in [6.45, 7) is 3.22. The normalized spacial score (nSPS) is 17.6. The zero-order chi connectivity index (χ0) is 15.6. The third-order valence-electron chi connectivity index (χ3n) is 3.33. The lowest BCUT2D eigenvalue weighted by atomic mass is 10.2. The Morgan fingerprint density at radius 2 is 1.90 bits per heavy atom. The molecule has 1 heterocycles. The van der Waals surface area contributed by atoms with Gasteiger partial charge >= 0.3 is 5.97 Å². The fourth-order valence-corrected chi connectivity index (χ4v) is 2.60. The van der Waals surface area contributed by atoms with Gasteiger partial charge in [0, 0.05) is 26.2 Å². The largest absolute Gasteiger partial charge is 0.478 e. The SMILES string of the molecule is CN1CCN(Nc2ccc(S(N)(=O)=O)cc2C(=O)O)CC1. The predicted molar refractivity (Wildman–Crippen MR) is 77.5 cm³/mol. The van der Waals surface area contributed by atoms with Gasteiger partial charge in [-0.1, -0.05) is 0 Å². The van der Waals surface area contributed by atoms with E-state index in [1.807, 2.05) is 12.1 Å². The summed E-state index contributed by atoms with van der Waals surface area (Å²) in [5.74, 6) is -1.21. The standard InChI is InChI=1S/C12H18N4O4S/c1-15-4-6-16(7-5-15)14-11-3-2-9(21(13,19)20)8-10(11)12(17)18/h2-3,8,14H,4-7H2,1H3,(H,17,18)(H2,13,19,20). The van der Waals surface area contributed by atoms with Crippen molar-refractivity contribution in [1.82, 2.24) is 9.91 Å². The highest BCUT2D eigenvalue weighted by atomic mass is 32.2. The van der Waals surface area contributed by atoms with Crippen molar-refractivity contribution in [2.75, 3.05) is 38.7 Å². The number of hydrazine groups is 1. The Morgan fingerprint density at radius 1 is 1.29 bits per heavy atom. The van der Waals surface area contributed by atoms with Gasteiger partial charge in [0.25, 0.3) is 0 Å². The smallest absolute Gasteiger partial charge is 0.337 e. The molecule has 0 unspecified atom stereocenters. The van der Waals surface area contributed by atoms with E-state index in [0.29, 0.717) is 5.69 Å². The molecule has 116 valence electrons. The van der Waals surface area contributed by atoms with Crippen LogP contribution in [0.15, 0.2) is 23.1 Å². The maximum atomic E-state index is 11.3. The Labute approximate surface area is 123 Å². The summed E-state index contributed by atoms with van der Waals surface area (Å²) in [5, 5.41) is 16.1. The van der Waals surface area contributed by atoms with Crippen LogP contribution in [-0.2, 0) is 10.0 Å². The van der Waals surface area contributed by atoms with Crippen molar-refractivity contribution in [2.45, 2.75) is 4.90 Å². The molecular weight excluding hydrogens is 296 g/mol. The molecule has 0 aliphatic carbocycles. The van der Waals surface area contributed by atoms with Crippen molar-refractivity contribution >= 4 is 21.7 Å². The molecule has 0 radical (unpaired) electrons. The van der Waals surface area contributed by atoms with E-state index in [9.17, 15) is 18.3 Å². The Hall–Kier alpha value is -1.68. The topological polar surface area (TPSA) is 116 Å². The molecule has 8 nitrogen and oxygen atoms in total. The fourth-order valence-electron chi connectivity index (χ4n) is 2.06. The van der Waals surface area contributed by atoms with E-state index in [2.05, 4.69) is 10.3 Å². The van der Waals surface area contributed by atoms with E-state index >= 15 is 0 Å². The van der Waals surface area contributed by atoms with Crippen LogP contribution in [-0.4, -0.2) is 62.6 Å². The molecule has 21 heavy (non-hydrogen) atoms. The lowest BCUT2D eigenvalue weighted by molar-refractivity contribution is 0.0697. The van der Waals surface area contributed by atoms with Gasteiger partial charge < -0.3 is 15.4 Å². The van der Waals surface area contributed by atoms with Crippen LogP contribution in [0.2, 0.25) is 0 Å². The van der Waals surface area contributed by atoms with Crippen LogP contribution in [0.3, 0.4) is 0 Å². The number of carbonyl (C=O) groups is 1. The Kier molecular flexibility index (Phi) is 4.47. The van der Waals surface area contributed by atoms with Crippen molar-refractivity contribution in [3.05, 3.63) is 23.8 Å². The zero-order valence-electron chi connectivity index (χ0n) is 11.6. The summed E-state index contributed by atoms with van der Waals surface area (Å²) in [7, 11) is -1.91. The number of hydrogen-bond donors (Lipinski definition) is 3. The van der Waals surface area contributed by atoms with Crippen LogP contribution in [0, 0.1) is 0 Å². The van der Waals surface area contributed by atoms with Gasteiger partial charge in [-0.05, 0) is 25.2 Å². The molecule has 0 atom stereocenters. The number of nitrogens with two attached hydrogens (primary N) is 1. The van der Waals surface area contributed by atoms with Crippen molar-refractivity contribution in [3.8, 4) is 0 Å². The van der Waals surface area contributed by atoms with E-state index in [1.54, 1.807) is 0 Å². The molecule has 2 rings (SSSR count). The average Bonchev–Trinajstić information content (AvgIpc) is 2.40. The number of nitrogens with zero attached hydrogens (tertiary/aromatic N) is 2. The third-order valence-corrected chi connectivity index (χ3v) is 4.24. The quantitative estimate of drug-likeness (QED) is 0.693. The minimum atomic E-state index is -3.93. The van der Waals surface area contributed by atoms with Crippen LogP contribution in [0.25, 0.3) is 0 Å². The van der Waals surface area contributed by atoms with E-state index in [-0.39, 0.29) is 10.5 Å². The number of sulfonamides is 1. The number of rotatable bonds is 4. The summed E-state index contributed by atoms with van der Waals surface area (Å²) in [5.41, 5.74) is 3.24. The number of piperazine rings is 1. The second kappa shape index (κ2) is 5.98. The summed E-state index contributed by atoms with van der Waals surface area (Å²) in [6.07, 6.45) is 0. The second-order valence-corrected chi connectivity index (χ2v) is 6.52. The molecular formula is C12H18N4O4S. The lowest BCUT2D eigenvalue weighted by Gasteiger charge is -2.33. The van der Waals surface area contributed by atoms with Crippen LogP contribution < -0.4 is 10.6 Å². The van der Waals surface area contributed by atoms with Gasteiger partial charge in [0.05, 0.1) is 16.1 Å². The Bertz CT molecular complexity index is 639. The summed E-state index contributed by atoms with van der Waals surface area (Å²) >= 11 is 0. The molecule has 1 fully saturated rings. The summed E-state index contributed by atoms with van der Waals surface area (Å²) in [6, 6.07) is 3.78. The molecule has 4 N–H and O–H groups in total. The summed E-state index contributed by atoms with van der Waals surface area (Å²) < 4.78 is 22.6. The molecule has 9 heteroatoms. The van der Waals surface area contributed by atoms with Gasteiger partial charge in [-0.15, -0.1) is 0 Å². The van der Waals surface area contributed by atoms with Gasteiger partial charge in [0.2, 0.25) is 10.0 Å². The third kappa shape index (κ3) is 3.91. The molecule has 0 spiro atoms. The molecule has 1 aliphatic heterocycles. The minimum absolute atomic E-state index is 0.125. The van der Waals surface area contributed by atoms with Crippen LogP contribution in [0.1, 0.15) is 10.4 Å². The molecule has 1 aromatic carbocycles. The number of primary sulfonamides is 1. The van der Waals surface area contributed by atoms with Crippen molar-refractivity contribution in [3.63, 3.8) is 0 Å². The van der Waals surface area contributed by atoms with Gasteiger partial charge in [-0.3, -0.25) is 0 Å². The fraction of sp³-hybridized carbons (Fsp3) is 0.417. The zero-order valence-corrected chi connectivity index (χ0v) is 12.4. The van der Waals surface area contributed by atoms with E-state index in [0.717, 1.165) is 32.2 Å². The van der Waals surface area contributed by atoms with E-state index < -0.39 is 16.0 Å². The first-order valence-electron chi connectivity index (χ1n) is 6.37. The summed E-state index contributed by atoms with van der Waals surface area (Å²) in [4.78, 5) is 13.2. The first-order valence-corrected chi connectivity index (χ1v) is 7.92. The maximum Gasteiger partial charge on any atom is 0.337 e. The average molecular weight is 314 g/mol. The molecule has 0 saturated carbocycles. The number of likely N-dealkylation sites (N-methyl/N-ethyl adjacent to an activating group) is 1. The highest BCUT2D eigenvalue weighted by Gasteiger charge is 2.19. The van der Waals surface area contributed by atoms with Crippen molar-refractivity contribution in [1.29, 1.82) is 0 Å². The molecule has 1 aliphatic rings. The first-order chi connectivity index (χ1) is 9.77. The number of anilines is 1. The molecule has 1 aromatic rings. The first kappa shape index (κ1) is 15.7. The number of nitrogens with one attached hydrogen (secondary N) is 1. The van der Waals surface area contributed by atoms with E-state index in [1.165, 1.54) is 12.1 Å². The predicted octanol–water partition coefficient (Wildman–Crippen LogP) is -0.393. The van der Waals surface area contributed by atoms with Crippen LogP contribution in [0.5, 0.6) is 0 Å². The number of aromatic carboxylic acids is 1. The molecule has 0 aromatic heterocycles. The number of hydrogen-bond acceptors (Lipinski definition) is 6. The maximum absolute atomic E-state index is 11.3. The highest BCUT2D eigenvalue weighted by Crippen LogP contribution is 2.21. The number of carboxylic acids is 1. The molecule has 0 amide bonds. The highest BCUT2D eigenvalue weighted by molar-refractivity contribution is 7.89. The van der Waals surface area contributed by atoms with Crippen LogP contribution in [0.4, 0.5) is 5.69 Å². The van der Waals surface area contributed by atoms with E-state index in [4.69, 9.17) is 5.14 Å². The van der Waals surface area contributed by atoms with Crippen molar-refractivity contribution in [2.24, 2.45) is 5.14 Å². The monoisotopic (exact) mass is 314 g/mol. The van der Waals surface area contributed by atoms with Gasteiger partial charge in [-0.2, -0.15) is 0 Å². The Morgan fingerprint density at radius 3 is 2.43 bits per heavy atom. The minimum Gasteiger partial charge on any atom is -0.478 e. The Balaban J connectivity index is 2.25.